The van der Waals surface area contributed by atoms with E-state index >= 15 is 0 Å². The lowest BCUT2D eigenvalue weighted by Crippen LogP contribution is -2.42. The van der Waals surface area contributed by atoms with Crippen LogP contribution in [-0.2, 0) is 14.3 Å². The molecule has 9 heteroatoms. The van der Waals surface area contributed by atoms with E-state index in [4.69, 9.17) is 18.9 Å². The Labute approximate surface area is 223 Å². The summed E-state index contributed by atoms with van der Waals surface area (Å²) in [7, 11) is 3.07. The van der Waals surface area contributed by atoms with Gasteiger partial charge in [0.25, 0.3) is 11.7 Å². The minimum absolute atomic E-state index is 0.0471. The van der Waals surface area contributed by atoms with Gasteiger partial charge < -0.3 is 29.0 Å². The molecular formula is C29H36N2O7. The van der Waals surface area contributed by atoms with Crippen LogP contribution in [0.3, 0.4) is 0 Å². The fourth-order valence-corrected chi connectivity index (χ4v) is 4.88. The van der Waals surface area contributed by atoms with Crippen LogP contribution in [0.25, 0.3) is 5.76 Å². The lowest BCUT2D eigenvalue weighted by molar-refractivity contribution is -0.140. The number of ketones is 1. The highest BCUT2D eigenvalue weighted by molar-refractivity contribution is 6.46. The quantitative estimate of drug-likeness (QED) is 0.286. The number of hydrogen-bond acceptors (Lipinski definition) is 8. The highest BCUT2D eigenvalue weighted by atomic mass is 16.5. The fraction of sp³-hybridized carbons (Fsp3) is 0.448. The van der Waals surface area contributed by atoms with Crippen LogP contribution in [0.2, 0.25) is 0 Å². The summed E-state index contributed by atoms with van der Waals surface area (Å²) in [5, 5.41) is 11.4. The van der Waals surface area contributed by atoms with Gasteiger partial charge in [-0.3, -0.25) is 14.5 Å². The van der Waals surface area contributed by atoms with E-state index in [0.717, 1.165) is 25.1 Å². The SMILES string of the molecule is CCCOc1ccc(C(O)=C2C(=O)C(=O)N(CCN3CCOCC3)[C@H]2c2ccc(OC)c(OC)c2)cc1C. The molecule has 204 valence electrons. The Kier molecular flexibility index (Phi) is 8.91. The zero-order chi connectivity index (χ0) is 27.2. The molecule has 1 N–H and O–H groups in total. The number of ether oxygens (including phenoxy) is 4. The van der Waals surface area contributed by atoms with E-state index in [9.17, 15) is 14.7 Å². The molecule has 0 aromatic heterocycles. The molecule has 2 aliphatic rings. The van der Waals surface area contributed by atoms with Gasteiger partial charge in [0.05, 0.1) is 45.7 Å². The second-order valence-corrected chi connectivity index (χ2v) is 9.39. The smallest absolute Gasteiger partial charge is 0.295 e. The van der Waals surface area contributed by atoms with Gasteiger partial charge in [0.1, 0.15) is 11.5 Å². The Hall–Kier alpha value is -3.56. The summed E-state index contributed by atoms with van der Waals surface area (Å²) in [6.45, 7) is 8.19. The number of amides is 1. The first-order chi connectivity index (χ1) is 18.4. The molecular weight excluding hydrogens is 488 g/mol. The van der Waals surface area contributed by atoms with Gasteiger partial charge in [-0.1, -0.05) is 13.0 Å². The Morgan fingerprint density at radius 2 is 1.71 bits per heavy atom. The minimum Gasteiger partial charge on any atom is -0.507 e. The number of nitrogens with zero attached hydrogens (tertiary/aromatic N) is 2. The van der Waals surface area contributed by atoms with Crippen LogP contribution in [0.15, 0.2) is 42.0 Å². The molecule has 2 aliphatic heterocycles. The summed E-state index contributed by atoms with van der Waals surface area (Å²) in [6, 6.07) is 9.75. The molecule has 1 amide bonds. The molecule has 9 nitrogen and oxygen atoms in total. The van der Waals surface area contributed by atoms with Crippen molar-refractivity contribution in [3.8, 4) is 17.2 Å². The molecule has 2 fully saturated rings. The van der Waals surface area contributed by atoms with Crippen molar-refractivity contribution in [1.29, 1.82) is 0 Å². The number of Topliss-reactive ketones (excluding diaryl/α,β-unsaturated/α-hetero) is 1. The lowest BCUT2D eigenvalue weighted by atomic mass is 9.94. The topological polar surface area (TPSA) is 97.8 Å². The highest BCUT2D eigenvalue weighted by Gasteiger charge is 2.46. The van der Waals surface area contributed by atoms with Gasteiger partial charge in [0.2, 0.25) is 0 Å². The number of aryl methyl sites for hydroxylation is 1. The minimum atomic E-state index is -0.785. The average Bonchev–Trinajstić information content (AvgIpc) is 3.20. The first-order valence-corrected chi connectivity index (χ1v) is 12.9. The third-order valence-electron chi connectivity index (χ3n) is 6.93. The third kappa shape index (κ3) is 5.63. The molecule has 2 aromatic rings. The Morgan fingerprint density at radius 3 is 2.37 bits per heavy atom. The van der Waals surface area contributed by atoms with Crippen LogP contribution in [-0.4, -0.2) is 86.8 Å². The largest absolute Gasteiger partial charge is 0.507 e. The monoisotopic (exact) mass is 524 g/mol. The summed E-state index contributed by atoms with van der Waals surface area (Å²) in [4.78, 5) is 30.5. The van der Waals surface area contributed by atoms with Crippen molar-refractivity contribution in [2.75, 3.05) is 60.2 Å². The van der Waals surface area contributed by atoms with Crippen LogP contribution >= 0.6 is 0 Å². The van der Waals surface area contributed by atoms with Crippen molar-refractivity contribution >= 4 is 17.4 Å². The van der Waals surface area contributed by atoms with Crippen molar-refractivity contribution in [2.45, 2.75) is 26.3 Å². The molecule has 2 aromatic carbocycles. The summed E-state index contributed by atoms with van der Waals surface area (Å²) in [6.07, 6.45) is 0.875. The van der Waals surface area contributed by atoms with Crippen LogP contribution in [0.1, 0.15) is 36.1 Å². The molecule has 0 unspecified atom stereocenters. The predicted octanol–water partition coefficient (Wildman–Crippen LogP) is 3.55. The van der Waals surface area contributed by atoms with Gasteiger partial charge in [-0.15, -0.1) is 0 Å². The van der Waals surface area contributed by atoms with E-state index in [1.54, 1.807) is 43.5 Å². The van der Waals surface area contributed by atoms with Gasteiger partial charge in [0.15, 0.2) is 11.5 Å². The first kappa shape index (κ1) is 27.5. The summed E-state index contributed by atoms with van der Waals surface area (Å²) in [5.41, 5.74) is 1.96. The summed E-state index contributed by atoms with van der Waals surface area (Å²) < 4.78 is 22.1. The molecule has 38 heavy (non-hydrogen) atoms. The molecule has 2 saturated heterocycles. The molecule has 0 radical (unpaired) electrons. The number of morpholine rings is 1. The van der Waals surface area contributed by atoms with Crippen molar-refractivity contribution in [3.63, 3.8) is 0 Å². The molecule has 0 saturated carbocycles. The number of hydrogen-bond donors (Lipinski definition) is 1. The van der Waals surface area contributed by atoms with Crippen molar-refractivity contribution in [2.24, 2.45) is 0 Å². The lowest BCUT2D eigenvalue weighted by Gasteiger charge is -2.31. The van der Waals surface area contributed by atoms with Gasteiger partial charge in [-0.2, -0.15) is 0 Å². The van der Waals surface area contributed by atoms with Crippen molar-refractivity contribution in [1.82, 2.24) is 9.80 Å². The highest BCUT2D eigenvalue weighted by Crippen LogP contribution is 2.42. The summed E-state index contributed by atoms with van der Waals surface area (Å²) in [5.74, 6) is 0.136. The molecule has 0 bridgehead atoms. The molecule has 4 rings (SSSR count). The number of benzene rings is 2. The van der Waals surface area contributed by atoms with E-state index < -0.39 is 17.7 Å². The van der Waals surface area contributed by atoms with E-state index in [1.807, 2.05) is 13.8 Å². The van der Waals surface area contributed by atoms with Gasteiger partial charge in [-0.25, -0.2) is 0 Å². The second kappa shape index (κ2) is 12.3. The standard InChI is InChI=1S/C29H36N2O7/c1-5-14-38-22-8-7-21(17-19(22)2)27(32)25-26(20-6-9-23(35-3)24(18-20)36-4)31(29(34)28(25)33)11-10-30-12-15-37-16-13-30/h6-9,17-18,26,32H,5,10-16H2,1-4H3/t26-/m0/s1. The Bertz CT molecular complexity index is 1200. The Morgan fingerprint density at radius 1 is 1.00 bits per heavy atom. The molecule has 0 spiro atoms. The van der Waals surface area contributed by atoms with Crippen LogP contribution in [0.4, 0.5) is 0 Å². The summed E-state index contributed by atoms with van der Waals surface area (Å²) >= 11 is 0. The maximum Gasteiger partial charge on any atom is 0.295 e. The fourth-order valence-electron chi connectivity index (χ4n) is 4.88. The van der Waals surface area contributed by atoms with Crippen molar-refractivity contribution in [3.05, 3.63) is 58.7 Å². The number of rotatable bonds is 10. The first-order valence-electron chi connectivity index (χ1n) is 12.9. The number of likely N-dealkylation sites (tertiary alicyclic amines) is 1. The molecule has 1 atom stereocenters. The Balaban J connectivity index is 1.76. The average molecular weight is 525 g/mol. The maximum atomic E-state index is 13.4. The normalized spacial score (nSPS) is 19.6. The number of aliphatic hydroxyl groups is 1. The second-order valence-electron chi connectivity index (χ2n) is 9.39. The third-order valence-corrected chi connectivity index (χ3v) is 6.93. The number of carbonyl (C=O) groups is 2. The zero-order valence-corrected chi connectivity index (χ0v) is 22.5. The van der Waals surface area contributed by atoms with E-state index in [1.165, 1.54) is 12.0 Å². The predicted molar refractivity (Wildman–Crippen MR) is 143 cm³/mol. The zero-order valence-electron chi connectivity index (χ0n) is 22.5. The van der Waals surface area contributed by atoms with Gasteiger partial charge in [-0.05, 0) is 54.8 Å². The van der Waals surface area contributed by atoms with Gasteiger partial charge >= 0.3 is 0 Å². The van der Waals surface area contributed by atoms with Crippen LogP contribution in [0.5, 0.6) is 17.2 Å². The van der Waals surface area contributed by atoms with E-state index in [2.05, 4.69) is 4.90 Å². The van der Waals surface area contributed by atoms with Crippen LogP contribution < -0.4 is 14.2 Å². The number of aliphatic hydroxyl groups excluding tert-OH is 1. The molecule has 0 aliphatic carbocycles. The van der Waals surface area contributed by atoms with Crippen LogP contribution in [0, 0.1) is 6.92 Å². The van der Waals surface area contributed by atoms with E-state index in [-0.39, 0.29) is 11.3 Å². The molecule has 2 heterocycles. The number of methoxy groups -OCH3 is 2. The van der Waals surface area contributed by atoms with Gasteiger partial charge in [0, 0.05) is 31.7 Å². The van der Waals surface area contributed by atoms with E-state index in [0.29, 0.717) is 61.3 Å². The maximum absolute atomic E-state index is 13.4. The number of carbonyl (C=O) groups excluding carboxylic acids is 2. The van der Waals surface area contributed by atoms with Crippen molar-refractivity contribution < 1.29 is 33.6 Å².